The van der Waals surface area contributed by atoms with E-state index in [9.17, 15) is 9.59 Å². The van der Waals surface area contributed by atoms with Crippen LogP contribution in [0.15, 0.2) is 0 Å². The zero-order valence-electron chi connectivity index (χ0n) is 11.2. The minimum absolute atomic E-state index is 0.0413. The summed E-state index contributed by atoms with van der Waals surface area (Å²) in [6.07, 6.45) is 2.52. The highest BCUT2D eigenvalue weighted by atomic mass is 16.2. The lowest BCUT2D eigenvalue weighted by molar-refractivity contribution is -0.130. The first-order chi connectivity index (χ1) is 8.59. The second kappa shape index (κ2) is 7.72. The second-order valence-electron chi connectivity index (χ2n) is 4.50. The molecule has 0 saturated carbocycles. The number of hydrogen-bond donors (Lipinski definition) is 1. The minimum Gasteiger partial charge on any atom is -0.347 e. The van der Waals surface area contributed by atoms with Crippen LogP contribution in [0.2, 0.25) is 0 Å². The number of carbonyl (C=O) groups excluding carboxylic acids is 2. The predicted octanol–water partition coefficient (Wildman–Crippen LogP) is -0.320. The van der Waals surface area contributed by atoms with Gasteiger partial charge >= 0.3 is 0 Å². The molecule has 100 valence electrons. The quantitative estimate of drug-likeness (QED) is 0.697. The van der Waals surface area contributed by atoms with E-state index in [1.807, 2.05) is 0 Å². The van der Waals surface area contributed by atoms with Crippen molar-refractivity contribution in [2.24, 2.45) is 0 Å². The van der Waals surface area contributed by atoms with Gasteiger partial charge < -0.3 is 10.2 Å². The molecule has 0 radical (unpaired) electrons. The molecule has 1 aliphatic heterocycles. The lowest BCUT2D eigenvalue weighted by Crippen LogP contribution is -2.37. The monoisotopic (exact) mass is 251 g/mol. The Hall–Kier alpha value is -1.54. The van der Waals surface area contributed by atoms with Gasteiger partial charge in [-0.15, -0.1) is 0 Å². The second-order valence-corrected chi connectivity index (χ2v) is 4.50. The molecule has 1 fully saturated rings. The van der Waals surface area contributed by atoms with Gasteiger partial charge in [0.1, 0.15) is 0 Å². The Morgan fingerprint density at radius 1 is 1.28 bits per heavy atom. The summed E-state index contributed by atoms with van der Waals surface area (Å²) in [5, 5.41) is 2.47. The Kier molecular flexibility index (Phi) is 6.23. The summed E-state index contributed by atoms with van der Waals surface area (Å²) in [5.74, 6) is 5.73. The van der Waals surface area contributed by atoms with Gasteiger partial charge in [-0.3, -0.25) is 14.5 Å². The van der Waals surface area contributed by atoms with E-state index in [0.29, 0.717) is 6.54 Å². The van der Waals surface area contributed by atoms with Crippen LogP contribution < -0.4 is 5.32 Å². The summed E-state index contributed by atoms with van der Waals surface area (Å²) >= 11 is 0. The molecule has 18 heavy (non-hydrogen) atoms. The lowest BCUT2D eigenvalue weighted by atomic mass is 10.4. The Balaban J connectivity index is 2.18. The molecule has 0 atom stereocenters. The number of likely N-dealkylation sites (N-methyl/N-ethyl adjacent to an activating group) is 1. The predicted molar refractivity (Wildman–Crippen MR) is 69.8 cm³/mol. The van der Waals surface area contributed by atoms with Crippen molar-refractivity contribution in [2.75, 3.05) is 39.8 Å². The zero-order valence-corrected chi connectivity index (χ0v) is 11.2. The number of rotatable bonds is 4. The van der Waals surface area contributed by atoms with Gasteiger partial charge in [0.15, 0.2) is 0 Å². The van der Waals surface area contributed by atoms with E-state index < -0.39 is 0 Å². The molecule has 1 N–H and O–H groups in total. The fraction of sp³-hybridized carbons (Fsp3) is 0.692. The molecule has 0 aliphatic carbocycles. The van der Waals surface area contributed by atoms with E-state index in [1.165, 1.54) is 24.7 Å². The van der Waals surface area contributed by atoms with Crippen LogP contribution in [0.1, 0.15) is 19.8 Å². The molecule has 2 amide bonds. The van der Waals surface area contributed by atoms with Gasteiger partial charge in [-0.05, 0) is 25.9 Å². The first-order valence-corrected chi connectivity index (χ1v) is 6.26. The van der Waals surface area contributed by atoms with E-state index >= 15 is 0 Å². The van der Waals surface area contributed by atoms with E-state index in [1.54, 1.807) is 7.05 Å². The smallest absolute Gasteiger partial charge is 0.242 e. The van der Waals surface area contributed by atoms with Crippen LogP contribution in [0, 0.1) is 11.8 Å². The van der Waals surface area contributed by atoms with Gasteiger partial charge in [0.2, 0.25) is 11.8 Å². The molecule has 0 unspecified atom stereocenters. The number of likely N-dealkylation sites (tertiary alicyclic amines) is 1. The van der Waals surface area contributed by atoms with Crippen molar-refractivity contribution in [1.82, 2.24) is 15.1 Å². The van der Waals surface area contributed by atoms with Crippen molar-refractivity contribution in [3.63, 3.8) is 0 Å². The maximum Gasteiger partial charge on any atom is 0.242 e. The fourth-order valence-electron chi connectivity index (χ4n) is 1.71. The molecule has 5 nitrogen and oxygen atoms in total. The standard InChI is InChI=1S/C13H21N3O2/c1-12(17)14-11-13(18)15(2)7-3-4-8-16-9-5-6-10-16/h5-11H2,1-2H3,(H,14,17). The van der Waals surface area contributed by atoms with Crippen molar-refractivity contribution in [2.45, 2.75) is 19.8 Å². The van der Waals surface area contributed by atoms with Crippen LogP contribution in [0.4, 0.5) is 0 Å². The van der Waals surface area contributed by atoms with Gasteiger partial charge in [0.05, 0.1) is 19.6 Å². The number of nitrogens with one attached hydrogen (secondary N) is 1. The van der Waals surface area contributed by atoms with Crippen molar-refractivity contribution in [3.8, 4) is 11.8 Å². The van der Waals surface area contributed by atoms with Crippen LogP contribution in [0.3, 0.4) is 0 Å². The van der Waals surface area contributed by atoms with Gasteiger partial charge in [-0.25, -0.2) is 0 Å². The average molecular weight is 251 g/mol. The summed E-state index contributed by atoms with van der Waals surface area (Å²) in [7, 11) is 1.69. The Morgan fingerprint density at radius 3 is 2.56 bits per heavy atom. The normalized spacial score (nSPS) is 14.8. The molecule has 1 saturated heterocycles. The Morgan fingerprint density at radius 2 is 1.94 bits per heavy atom. The Bertz CT molecular complexity index is 351. The van der Waals surface area contributed by atoms with Gasteiger partial charge in [-0.2, -0.15) is 0 Å². The maximum atomic E-state index is 11.5. The molecule has 0 spiro atoms. The van der Waals surface area contributed by atoms with Crippen LogP contribution in [-0.4, -0.2) is 61.4 Å². The van der Waals surface area contributed by atoms with E-state index in [4.69, 9.17) is 0 Å². The molecule has 1 heterocycles. The highest BCUT2D eigenvalue weighted by Crippen LogP contribution is 2.05. The van der Waals surface area contributed by atoms with E-state index in [-0.39, 0.29) is 18.4 Å². The highest BCUT2D eigenvalue weighted by molar-refractivity contribution is 5.83. The third-order valence-electron chi connectivity index (χ3n) is 2.86. The first kappa shape index (κ1) is 14.5. The van der Waals surface area contributed by atoms with Crippen LogP contribution in [-0.2, 0) is 9.59 Å². The van der Waals surface area contributed by atoms with E-state index in [0.717, 1.165) is 19.6 Å². The molecule has 5 heteroatoms. The van der Waals surface area contributed by atoms with Crippen LogP contribution in [0.25, 0.3) is 0 Å². The van der Waals surface area contributed by atoms with Crippen molar-refractivity contribution in [3.05, 3.63) is 0 Å². The molecular formula is C13H21N3O2. The fourth-order valence-corrected chi connectivity index (χ4v) is 1.71. The molecule has 0 bridgehead atoms. The third kappa shape index (κ3) is 5.69. The van der Waals surface area contributed by atoms with Crippen molar-refractivity contribution >= 4 is 11.8 Å². The van der Waals surface area contributed by atoms with Crippen molar-refractivity contribution < 1.29 is 9.59 Å². The summed E-state index contributed by atoms with van der Waals surface area (Å²) in [6.45, 7) is 4.89. The number of carbonyl (C=O) groups is 2. The maximum absolute atomic E-state index is 11.5. The topological polar surface area (TPSA) is 52.7 Å². The molecule has 1 aliphatic rings. The molecule has 0 aromatic rings. The van der Waals surface area contributed by atoms with Crippen LogP contribution >= 0.6 is 0 Å². The molecule has 0 aromatic carbocycles. The minimum atomic E-state index is -0.197. The third-order valence-corrected chi connectivity index (χ3v) is 2.86. The lowest BCUT2D eigenvalue weighted by Gasteiger charge is -2.14. The molecular weight excluding hydrogens is 230 g/mol. The SMILES string of the molecule is CC(=O)NCC(=O)N(C)CC#CCN1CCCC1. The summed E-state index contributed by atoms with van der Waals surface area (Å²) < 4.78 is 0. The van der Waals surface area contributed by atoms with Crippen molar-refractivity contribution in [1.29, 1.82) is 0 Å². The summed E-state index contributed by atoms with van der Waals surface area (Å²) in [5.41, 5.74) is 0. The molecule has 1 rings (SSSR count). The summed E-state index contributed by atoms with van der Waals surface area (Å²) in [6, 6.07) is 0. The highest BCUT2D eigenvalue weighted by Gasteiger charge is 2.09. The number of hydrogen-bond acceptors (Lipinski definition) is 3. The van der Waals surface area contributed by atoms with Crippen LogP contribution in [0.5, 0.6) is 0 Å². The summed E-state index contributed by atoms with van der Waals surface area (Å²) in [4.78, 5) is 26.0. The van der Waals surface area contributed by atoms with E-state index in [2.05, 4.69) is 22.1 Å². The zero-order chi connectivity index (χ0) is 13.4. The number of amides is 2. The van der Waals surface area contributed by atoms with Gasteiger partial charge in [0, 0.05) is 14.0 Å². The number of nitrogens with zero attached hydrogens (tertiary/aromatic N) is 2. The average Bonchev–Trinajstić information content (AvgIpc) is 2.84. The largest absolute Gasteiger partial charge is 0.347 e. The van der Waals surface area contributed by atoms with Gasteiger partial charge in [0.25, 0.3) is 0 Å². The Labute approximate surface area is 109 Å². The molecule has 0 aromatic heterocycles. The first-order valence-electron chi connectivity index (χ1n) is 6.26. The van der Waals surface area contributed by atoms with Gasteiger partial charge in [-0.1, -0.05) is 11.8 Å².